The molecule has 0 spiro atoms. The SMILES string of the molecule is O=C(O)C[C@@H](O)Cc1ccc(-c2ccccc2)cc1. The molecule has 2 aromatic rings. The predicted molar refractivity (Wildman–Crippen MR) is 73.8 cm³/mol. The van der Waals surface area contributed by atoms with Crippen LogP contribution in [0.1, 0.15) is 12.0 Å². The molecule has 0 bridgehead atoms. The Morgan fingerprint density at radius 1 is 0.947 bits per heavy atom. The van der Waals surface area contributed by atoms with Crippen LogP contribution < -0.4 is 0 Å². The summed E-state index contributed by atoms with van der Waals surface area (Å²) in [6.45, 7) is 0. The van der Waals surface area contributed by atoms with E-state index in [9.17, 15) is 9.90 Å². The van der Waals surface area contributed by atoms with Gasteiger partial charge >= 0.3 is 5.97 Å². The van der Waals surface area contributed by atoms with Crippen LogP contribution in [0.5, 0.6) is 0 Å². The number of aliphatic carboxylic acids is 1. The van der Waals surface area contributed by atoms with Gasteiger partial charge in [0.1, 0.15) is 0 Å². The van der Waals surface area contributed by atoms with Gasteiger partial charge in [0, 0.05) is 0 Å². The first kappa shape index (κ1) is 13.3. The molecule has 0 aliphatic rings. The Labute approximate surface area is 112 Å². The smallest absolute Gasteiger partial charge is 0.305 e. The van der Waals surface area contributed by atoms with Crippen molar-refractivity contribution in [1.29, 1.82) is 0 Å². The largest absolute Gasteiger partial charge is 0.481 e. The molecule has 0 unspecified atom stereocenters. The lowest BCUT2D eigenvalue weighted by molar-refractivity contribution is -0.139. The molecule has 2 N–H and O–H groups in total. The molecule has 0 aliphatic heterocycles. The molecule has 3 heteroatoms. The summed E-state index contributed by atoms with van der Waals surface area (Å²) in [6, 6.07) is 17.8. The second-order valence-electron chi connectivity index (χ2n) is 4.52. The normalized spacial score (nSPS) is 12.1. The molecule has 0 amide bonds. The number of hydrogen-bond donors (Lipinski definition) is 2. The highest BCUT2D eigenvalue weighted by Crippen LogP contribution is 2.19. The maximum absolute atomic E-state index is 10.5. The molecule has 98 valence electrons. The van der Waals surface area contributed by atoms with Crippen LogP contribution in [0.3, 0.4) is 0 Å². The fourth-order valence-electron chi connectivity index (χ4n) is 2.01. The molecular formula is C16H16O3. The summed E-state index contributed by atoms with van der Waals surface area (Å²) in [7, 11) is 0. The van der Waals surface area contributed by atoms with Gasteiger partial charge in [0.05, 0.1) is 12.5 Å². The minimum Gasteiger partial charge on any atom is -0.481 e. The van der Waals surface area contributed by atoms with Crippen molar-refractivity contribution in [3.05, 3.63) is 60.2 Å². The summed E-state index contributed by atoms with van der Waals surface area (Å²) in [5.41, 5.74) is 3.19. The highest BCUT2D eigenvalue weighted by Gasteiger charge is 2.10. The fourth-order valence-corrected chi connectivity index (χ4v) is 2.01. The van der Waals surface area contributed by atoms with Crippen molar-refractivity contribution >= 4 is 5.97 Å². The van der Waals surface area contributed by atoms with Crippen LogP contribution in [0.15, 0.2) is 54.6 Å². The van der Waals surface area contributed by atoms with E-state index in [1.165, 1.54) is 0 Å². The van der Waals surface area contributed by atoms with Crippen molar-refractivity contribution in [1.82, 2.24) is 0 Å². The molecule has 3 nitrogen and oxygen atoms in total. The van der Waals surface area contributed by atoms with Crippen molar-refractivity contribution in [2.45, 2.75) is 18.9 Å². The minimum atomic E-state index is -0.978. The van der Waals surface area contributed by atoms with Crippen LogP contribution in [0.25, 0.3) is 11.1 Å². The molecule has 1 atom stereocenters. The van der Waals surface area contributed by atoms with Crippen molar-refractivity contribution in [3.8, 4) is 11.1 Å². The summed E-state index contributed by atoms with van der Waals surface area (Å²) in [6.07, 6.45) is -0.693. The topological polar surface area (TPSA) is 57.5 Å². The number of aliphatic hydroxyl groups is 1. The molecule has 0 fully saturated rings. The second kappa shape index (κ2) is 6.16. The first-order valence-electron chi connectivity index (χ1n) is 6.19. The van der Waals surface area contributed by atoms with Crippen LogP contribution in [-0.4, -0.2) is 22.3 Å². The molecule has 0 aliphatic carbocycles. The van der Waals surface area contributed by atoms with Gasteiger partial charge < -0.3 is 10.2 Å². The van der Waals surface area contributed by atoms with E-state index in [0.29, 0.717) is 6.42 Å². The average molecular weight is 256 g/mol. The first-order chi connectivity index (χ1) is 9.15. The van der Waals surface area contributed by atoms with Gasteiger partial charge in [-0.15, -0.1) is 0 Å². The Balaban J connectivity index is 2.05. The summed E-state index contributed by atoms with van der Waals surface area (Å²) in [5.74, 6) is -0.978. The van der Waals surface area contributed by atoms with E-state index in [4.69, 9.17) is 5.11 Å². The third-order valence-electron chi connectivity index (χ3n) is 2.94. The number of rotatable bonds is 5. The Kier molecular flexibility index (Phi) is 4.31. The number of carboxylic acids is 1. The number of hydrogen-bond acceptors (Lipinski definition) is 2. The molecule has 19 heavy (non-hydrogen) atoms. The van der Waals surface area contributed by atoms with E-state index >= 15 is 0 Å². The number of aliphatic hydroxyl groups excluding tert-OH is 1. The second-order valence-corrected chi connectivity index (χ2v) is 4.52. The van der Waals surface area contributed by atoms with E-state index in [1.807, 2.05) is 54.6 Å². The zero-order valence-corrected chi connectivity index (χ0v) is 10.5. The van der Waals surface area contributed by atoms with Crippen molar-refractivity contribution in [2.24, 2.45) is 0 Å². The molecule has 0 heterocycles. The zero-order valence-electron chi connectivity index (χ0n) is 10.5. The van der Waals surface area contributed by atoms with E-state index in [-0.39, 0.29) is 6.42 Å². The summed E-state index contributed by atoms with van der Waals surface area (Å²) in [5, 5.41) is 18.2. The number of carbonyl (C=O) groups is 1. The Bertz CT molecular complexity index is 532. The van der Waals surface area contributed by atoms with E-state index in [2.05, 4.69) is 0 Å². The molecular weight excluding hydrogens is 240 g/mol. The number of carboxylic acid groups (broad SMARTS) is 1. The van der Waals surface area contributed by atoms with Gasteiger partial charge in [-0.2, -0.15) is 0 Å². The van der Waals surface area contributed by atoms with Crippen LogP contribution in [-0.2, 0) is 11.2 Å². The Hall–Kier alpha value is -2.13. The summed E-state index contributed by atoms with van der Waals surface area (Å²) >= 11 is 0. The van der Waals surface area contributed by atoms with Gasteiger partial charge in [0.2, 0.25) is 0 Å². The number of benzene rings is 2. The fraction of sp³-hybridized carbons (Fsp3) is 0.188. The summed E-state index contributed by atoms with van der Waals surface area (Å²) in [4.78, 5) is 10.5. The van der Waals surface area contributed by atoms with Gasteiger partial charge in [-0.3, -0.25) is 4.79 Å². The molecule has 0 radical (unpaired) electrons. The third kappa shape index (κ3) is 3.93. The Morgan fingerprint density at radius 3 is 2.11 bits per heavy atom. The maximum atomic E-state index is 10.5. The lowest BCUT2D eigenvalue weighted by Gasteiger charge is -2.08. The monoisotopic (exact) mass is 256 g/mol. The van der Waals surface area contributed by atoms with E-state index < -0.39 is 12.1 Å². The van der Waals surface area contributed by atoms with E-state index in [1.54, 1.807) is 0 Å². The molecule has 0 aromatic heterocycles. The van der Waals surface area contributed by atoms with Crippen LogP contribution in [0.4, 0.5) is 0 Å². The van der Waals surface area contributed by atoms with Gasteiger partial charge in [0.15, 0.2) is 0 Å². The lowest BCUT2D eigenvalue weighted by Crippen LogP contribution is -2.15. The summed E-state index contributed by atoms with van der Waals surface area (Å²) < 4.78 is 0. The molecule has 2 aromatic carbocycles. The zero-order chi connectivity index (χ0) is 13.7. The van der Waals surface area contributed by atoms with Gasteiger partial charge in [0.25, 0.3) is 0 Å². The Morgan fingerprint density at radius 2 is 1.53 bits per heavy atom. The van der Waals surface area contributed by atoms with Crippen LogP contribution in [0, 0.1) is 0 Å². The molecule has 2 rings (SSSR count). The standard InChI is InChI=1S/C16H16O3/c17-15(11-16(18)19)10-12-6-8-14(9-7-12)13-4-2-1-3-5-13/h1-9,15,17H,10-11H2,(H,18,19)/t15-/m0/s1. The van der Waals surface area contributed by atoms with Gasteiger partial charge in [-0.1, -0.05) is 54.6 Å². The van der Waals surface area contributed by atoms with Gasteiger partial charge in [-0.05, 0) is 23.1 Å². The van der Waals surface area contributed by atoms with Crippen molar-refractivity contribution in [2.75, 3.05) is 0 Å². The van der Waals surface area contributed by atoms with Crippen molar-refractivity contribution < 1.29 is 15.0 Å². The molecule has 0 saturated heterocycles. The first-order valence-corrected chi connectivity index (χ1v) is 6.19. The van der Waals surface area contributed by atoms with Crippen molar-refractivity contribution in [3.63, 3.8) is 0 Å². The van der Waals surface area contributed by atoms with Crippen LogP contribution >= 0.6 is 0 Å². The highest BCUT2D eigenvalue weighted by atomic mass is 16.4. The molecule has 0 saturated carbocycles. The minimum absolute atomic E-state index is 0.222. The van der Waals surface area contributed by atoms with Gasteiger partial charge in [-0.25, -0.2) is 0 Å². The highest BCUT2D eigenvalue weighted by molar-refractivity contribution is 5.67. The average Bonchev–Trinajstić information content (AvgIpc) is 2.39. The quantitative estimate of drug-likeness (QED) is 0.864. The predicted octanol–water partition coefficient (Wildman–Crippen LogP) is 2.73. The van der Waals surface area contributed by atoms with E-state index in [0.717, 1.165) is 16.7 Å². The lowest BCUT2D eigenvalue weighted by atomic mass is 10.0. The van der Waals surface area contributed by atoms with Crippen LogP contribution in [0.2, 0.25) is 0 Å². The maximum Gasteiger partial charge on any atom is 0.305 e. The third-order valence-corrected chi connectivity index (χ3v) is 2.94.